The van der Waals surface area contributed by atoms with Gasteiger partial charge in [0.25, 0.3) is 9.05 Å². The number of benzene rings is 1. The molecule has 0 spiro atoms. The standard InChI is InChI=1S/C10H8ClIN2O2S/c11-17(15,16)10-5-13-14(7-10)6-8-1-3-9(12)4-2-8/h1-5,7H,6H2. The molecule has 0 N–H and O–H groups in total. The van der Waals surface area contributed by atoms with Crippen molar-refractivity contribution in [1.82, 2.24) is 9.78 Å². The average Bonchev–Trinajstić information content (AvgIpc) is 2.69. The molecular weight excluding hydrogens is 375 g/mol. The van der Waals surface area contributed by atoms with Crippen LogP contribution in [0.4, 0.5) is 0 Å². The molecule has 90 valence electrons. The Morgan fingerprint density at radius 1 is 1.29 bits per heavy atom. The minimum absolute atomic E-state index is 0.0182. The van der Waals surface area contributed by atoms with Crippen LogP contribution in [0.1, 0.15) is 5.56 Å². The van der Waals surface area contributed by atoms with Crippen LogP contribution in [0.25, 0.3) is 0 Å². The van der Waals surface area contributed by atoms with E-state index >= 15 is 0 Å². The lowest BCUT2D eigenvalue weighted by molar-refractivity contribution is 0.609. The Kier molecular flexibility index (Phi) is 3.74. The van der Waals surface area contributed by atoms with E-state index in [1.165, 1.54) is 17.1 Å². The highest BCUT2D eigenvalue weighted by atomic mass is 127. The van der Waals surface area contributed by atoms with Gasteiger partial charge in [-0.2, -0.15) is 5.10 Å². The quantitative estimate of drug-likeness (QED) is 0.605. The lowest BCUT2D eigenvalue weighted by Crippen LogP contribution is -1.99. The number of halogens is 2. The molecule has 1 heterocycles. The SMILES string of the molecule is O=S(=O)(Cl)c1cnn(Cc2ccc(I)cc2)c1. The molecule has 2 aromatic rings. The summed E-state index contributed by atoms with van der Waals surface area (Å²) in [6, 6.07) is 7.91. The molecule has 2 rings (SSSR count). The molecule has 0 unspecified atom stereocenters. The number of hydrogen-bond acceptors (Lipinski definition) is 3. The van der Waals surface area contributed by atoms with Gasteiger partial charge in [0.2, 0.25) is 0 Å². The topological polar surface area (TPSA) is 52.0 Å². The van der Waals surface area contributed by atoms with Crippen molar-refractivity contribution in [3.05, 3.63) is 45.8 Å². The maximum absolute atomic E-state index is 11.1. The maximum Gasteiger partial charge on any atom is 0.264 e. The van der Waals surface area contributed by atoms with E-state index in [0.29, 0.717) is 6.54 Å². The molecule has 17 heavy (non-hydrogen) atoms. The van der Waals surface area contributed by atoms with Crippen LogP contribution in [0.2, 0.25) is 0 Å². The summed E-state index contributed by atoms with van der Waals surface area (Å²) in [4.78, 5) is 0.0182. The average molecular weight is 383 g/mol. The summed E-state index contributed by atoms with van der Waals surface area (Å²) in [6.45, 7) is 0.517. The molecule has 0 fully saturated rings. The summed E-state index contributed by atoms with van der Waals surface area (Å²) in [5.74, 6) is 0. The zero-order valence-corrected chi connectivity index (χ0v) is 12.3. The fourth-order valence-electron chi connectivity index (χ4n) is 1.33. The molecule has 0 saturated heterocycles. The van der Waals surface area contributed by atoms with Crippen molar-refractivity contribution in [3.8, 4) is 0 Å². The number of rotatable bonds is 3. The molecule has 0 radical (unpaired) electrons. The van der Waals surface area contributed by atoms with Gasteiger partial charge >= 0.3 is 0 Å². The van der Waals surface area contributed by atoms with E-state index in [1.54, 1.807) is 0 Å². The van der Waals surface area contributed by atoms with E-state index < -0.39 is 9.05 Å². The third kappa shape index (κ3) is 3.43. The molecule has 1 aromatic carbocycles. The fourth-order valence-corrected chi connectivity index (χ4v) is 2.35. The van der Waals surface area contributed by atoms with Crippen LogP contribution in [0.3, 0.4) is 0 Å². The fraction of sp³-hybridized carbons (Fsp3) is 0.100. The van der Waals surface area contributed by atoms with E-state index in [-0.39, 0.29) is 4.90 Å². The molecule has 0 bridgehead atoms. The highest BCUT2D eigenvalue weighted by Gasteiger charge is 2.12. The highest BCUT2D eigenvalue weighted by Crippen LogP contribution is 2.14. The van der Waals surface area contributed by atoms with Gasteiger partial charge in [-0.25, -0.2) is 8.42 Å². The summed E-state index contributed by atoms with van der Waals surface area (Å²) in [7, 11) is 1.52. The van der Waals surface area contributed by atoms with Crippen molar-refractivity contribution in [3.63, 3.8) is 0 Å². The second kappa shape index (κ2) is 4.95. The van der Waals surface area contributed by atoms with E-state index in [9.17, 15) is 8.42 Å². The Bertz CT molecular complexity index is 622. The van der Waals surface area contributed by atoms with E-state index in [0.717, 1.165) is 9.13 Å². The predicted octanol–water partition coefficient (Wildman–Crippen LogP) is 2.46. The lowest BCUT2D eigenvalue weighted by Gasteiger charge is -2.01. The van der Waals surface area contributed by atoms with Crippen molar-refractivity contribution in [2.24, 2.45) is 0 Å². The molecule has 0 amide bonds. The van der Waals surface area contributed by atoms with Crippen molar-refractivity contribution in [2.75, 3.05) is 0 Å². The summed E-state index contributed by atoms with van der Waals surface area (Å²) < 4.78 is 24.8. The minimum atomic E-state index is -3.69. The number of aromatic nitrogens is 2. The van der Waals surface area contributed by atoms with Gasteiger partial charge in [0.1, 0.15) is 4.90 Å². The van der Waals surface area contributed by atoms with Gasteiger partial charge in [-0.15, -0.1) is 0 Å². The lowest BCUT2D eigenvalue weighted by atomic mass is 10.2. The normalized spacial score (nSPS) is 11.6. The highest BCUT2D eigenvalue weighted by molar-refractivity contribution is 14.1. The van der Waals surface area contributed by atoms with Crippen molar-refractivity contribution < 1.29 is 8.42 Å². The van der Waals surface area contributed by atoms with E-state index in [2.05, 4.69) is 27.7 Å². The largest absolute Gasteiger partial charge is 0.267 e. The third-order valence-corrected chi connectivity index (χ3v) is 4.18. The van der Waals surface area contributed by atoms with Crippen LogP contribution in [0, 0.1) is 3.57 Å². The molecule has 7 heteroatoms. The first-order chi connectivity index (χ1) is 7.95. The molecule has 4 nitrogen and oxygen atoms in total. The van der Waals surface area contributed by atoms with Crippen molar-refractivity contribution in [1.29, 1.82) is 0 Å². The van der Waals surface area contributed by atoms with Gasteiger partial charge in [-0.1, -0.05) is 12.1 Å². The summed E-state index contributed by atoms with van der Waals surface area (Å²) >= 11 is 2.22. The molecular formula is C10H8ClIN2O2S. The summed E-state index contributed by atoms with van der Waals surface area (Å²) in [5, 5.41) is 3.95. The third-order valence-electron chi connectivity index (χ3n) is 2.15. The van der Waals surface area contributed by atoms with Crippen LogP contribution in [-0.2, 0) is 15.6 Å². The van der Waals surface area contributed by atoms with Gasteiger partial charge in [0.15, 0.2) is 0 Å². The molecule has 0 aliphatic carbocycles. The zero-order valence-electron chi connectivity index (χ0n) is 8.55. The smallest absolute Gasteiger partial charge is 0.264 e. The predicted molar refractivity (Wildman–Crippen MR) is 73.5 cm³/mol. The Morgan fingerprint density at radius 2 is 1.94 bits per heavy atom. The van der Waals surface area contributed by atoms with Crippen LogP contribution >= 0.6 is 33.3 Å². The Hall–Kier alpha value is -0.600. The van der Waals surface area contributed by atoms with Crippen LogP contribution in [0.15, 0.2) is 41.6 Å². The summed E-state index contributed by atoms with van der Waals surface area (Å²) in [5.41, 5.74) is 1.05. The van der Waals surface area contributed by atoms with Crippen LogP contribution < -0.4 is 0 Å². The minimum Gasteiger partial charge on any atom is -0.267 e. The van der Waals surface area contributed by atoms with Crippen LogP contribution in [0.5, 0.6) is 0 Å². The van der Waals surface area contributed by atoms with Gasteiger partial charge in [0, 0.05) is 20.4 Å². The molecule has 0 saturated carbocycles. The Balaban J connectivity index is 2.20. The first-order valence-electron chi connectivity index (χ1n) is 4.67. The number of hydrogen-bond donors (Lipinski definition) is 0. The maximum atomic E-state index is 11.1. The van der Waals surface area contributed by atoms with Crippen molar-refractivity contribution >= 4 is 42.3 Å². The van der Waals surface area contributed by atoms with E-state index in [4.69, 9.17) is 10.7 Å². The van der Waals surface area contributed by atoms with Crippen molar-refractivity contribution in [2.45, 2.75) is 11.4 Å². The monoisotopic (exact) mass is 382 g/mol. The Labute approximate surface area is 117 Å². The summed E-state index contributed by atoms with van der Waals surface area (Å²) in [6.07, 6.45) is 2.66. The van der Waals surface area contributed by atoms with E-state index in [1.807, 2.05) is 24.3 Å². The first kappa shape index (κ1) is 12.8. The second-order valence-electron chi connectivity index (χ2n) is 3.44. The molecule has 0 atom stereocenters. The van der Waals surface area contributed by atoms with Crippen LogP contribution in [-0.4, -0.2) is 18.2 Å². The number of nitrogens with zero attached hydrogens (tertiary/aromatic N) is 2. The van der Waals surface area contributed by atoms with Gasteiger partial charge < -0.3 is 0 Å². The molecule has 0 aliphatic heterocycles. The van der Waals surface area contributed by atoms with Gasteiger partial charge in [-0.05, 0) is 40.3 Å². The zero-order chi connectivity index (χ0) is 12.5. The van der Waals surface area contributed by atoms with Gasteiger partial charge in [-0.3, -0.25) is 4.68 Å². The second-order valence-corrected chi connectivity index (χ2v) is 7.25. The first-order valence-corrected chi connectivity index (χ1v) is 8.05. The van der Waals surface area contributed by atoms with Gasteiger partial charge in [0.05, 0.1) is 12.7 Å². The molecule has 0 aliphatic rings. The molecule has 1 aromatic heterocycles. The Morgan fingerprint density at radius 3 is 2.47 bits per heavy atom.